The monoisotopic (exact) mass is 314 g/mol. The van der Waals surface area contributed by atoms with Gasteiger partial charge in [-0.15, -0.1) is 0 Å². The molecule has 0 radical (unpaired) electrons. The molecule has 5 nitrogen and oxygen atoms in total. The largest absolute Gasteiger partial charge is 0.321 e. The van der Waals surface area contributed by atoms with Crippen LogP contribution in [0.5, 0.6) is 0 Å². The van der Waals surface area contributed by atoms with E-state index in [2.05, 4.69) is 15.3 Å². The van der Waals surface area contributed by atoms with Crippen LogP contribution in [-0.4, -0.2) is 20.4 Å². The summed E-state index contributed by atoms with van der Waals surface area (Å²) in [4.78, 5) is 20.5. The molecule has 2 aromatic heterocycles. The van der Waals surface area contributed by atoms with Gasteiger partial charge in [0.2, 0.25) is 0 Å². The first-order valence-corrected chi connectivity index (χ1v) is 7.56. The first-order chi connectivity index (χ1) is 11.8. The summed E-state index contributed by atoms with van der Waals surface area (Å²) in [6.45, 7) is 0. The quantitative estimate of drug-likeness (QED) is 0.627. The number of benzene rings is 2. The number of fused-ring (bicyclic) bond motifs is 1. The summed E-state index contributed by atoms with van der Waals surface area (Å²) < 4.78 is 2.01. The van der Waals surface area contributed by atoms with Crippen LogP contribution in [-0.2, 0) is 0 Å². The van der Waals surface area contributed by atoms with Gasteiger partial charge in [-0.3, -0.25) is 14.3 Å². The lowest BCUT2D eigenvalue weighted by atomic mass is 10.2. The zero-order valence-electron chi connectivity index (χ0n) is 12.8. The maximum atomic E-state index is 12.1. The van der Waals surface area contributed by atoms with Gasteiger partial charge in [0.1, 0.15) is 12.0 Å². The lowest BCUT2D eigenvalue weighted by molar-refractivity contribution is 0.102. The number of imidazole rings is 1. The molecule has 2 aromatic carbocycles. The molecule has 0 saturated heterocycles. The zero-order valence-corrected chi connectivity index (χ0v) is 12.8. The second-order valence-electron chi connectivity index (χ2n) is 5.32. The number of nitrogens with zero attached hydrogens (tertiary/aromatic N) is 3. The van der Waals surface area contributed by atoms with Gasteiger partial charge < -0.3 is 5.32 Å². The fourth-order valence-electron chi connectivity index (χ4n) is 2.56. The highest BCUT2D eigenvalue weighted by Crippen LogP contribution is 2.19. The average molecular weight is 314 g/mol. The van der Waals surface area contributed by atoms with E-state index in [1.165, 1.54) is 0 Å². The molecule has 24 heavy (non-hydrogen) atoms. The number of hydrogen-bond acceptors (Lipinski definition) is 3. The third kappa shape index (κ3) is 2.63. The second-order valence-corrected chi connectivity index (χ2v) is 5.32. The van der Waals surface area contributed by atoms with Crippen molar-refractivity contribution in [3.63, 3.8) is 0 Å². The highest BCUT2D eigenvalue weighted by atomic mass is 16.1. The predicted octanol–water partition coefficient (Wildman–Crippen LogP) is 3.67. The molecule has 0 spiro atoms. The molecule has 1 N–H and O–H groups in total. The van der Waals surface area contributed by atoms with Crippen LogP contribution < -0.4 is 5.32 Å². The number of aromatic nitrogens is 3. The molecule has 0 aliphatic rings. The first kappa shape index (κ1) is 14.1. The van der Waals surface area contributed by atoms with Crippen LogP contribution in [0.3, 0.4) is 0 Å². The van der Waals surface area contributed by atoms with Crippen LogP contribution in [0.15, 0.2) is 79.3 Å². The number of pyridine rings is 1. The smallest absolute Gasteiger partial charge is 0.274 e. The Hall–Kier alpha value is -3.47. The van der Waals surface area contributed by atoms with Crippen LogP contribution in [0, 0.1) is 0 Å². The molecule has 0 aliphatic carbocycles. The molecule has 0 unspecified atom stereocenters. The molecule has 0 atom stereocenters. The van der Waals surface area contributed by atoms with Crippen LogP contribution in [0.4, 0.5) is 5.69 Å². The number of para-hydroxylation sites is 2. The number of rotatable bonds is 3. The standard InChI is InChI=1S/C19H14N4O/c24-19(17-6-3-4-12-20-17)22-14-8-10-15(11-9-14)23-13-21-16-5-1-2-7-18(16)23/h1-13H,(H,22,24). The third-order valence-electron chi connectivity index (χ3n) is 3.75. The molecule has 1 amide bonds. The van der Waals surface area contributed by atoms with E-state index in [9.17, 15) is 4.79 Å². The van der Waals surface area contributed by atoms with E-state index in [4.69, 9.17) is 0 Å². The Morgan fingerprint density at radius 2 is 1.67 bits per heavy atom. The Morgan fingerprint density at radius 3 is 2.46 bits per heavy atom. The van der Waals surface area contributed by atoms with Crippen LogP contribution >= 0.6 is 0 Å². The van der Waals surface area contributed by atoms with Crippen molar-refractivity contribution in [2.75, 3.05) is 5.32 Å². The zero-order chi connectivity index (χ0) is 16.4. The van der Waals surface area contributed by atoms with E-state index >= 15 is 0 Å². The minimum absolute atomic E-state index is 0.226. The van der Waals surface area contributed by atoms with Crippen molar-refractivity contribution in [2.24, 2.45) is 0 Å². The highest BCUT2D eigenvalue weighted by molar-refractivity contribution is 6.02. The summed E-state index contributed by atoms with van der Waals surface area (Å²) in [6, 6.07) is 20.8. The number of amides is 1. The number of carbonyl (C=O) groups is 1. The maximum Gasteiger partial charge on any atom is 0.274 e. The van der Waals surface area contributed by atoms with Crippen molar-refractivity contribution in [1.29, 1.82) is 0 Å². The van der Waals surface area contributed by atoms with Gasteiger partial charge >= 0.3 is 0 Å². The second kappa shape index (κ2) is 5.96. The van der Waals surface area contributed by atoms with Gasteiger partial charge in [-0.05, 0) is 48.5 Å². The summed E-state index contributed by atoms with van der Waals surface area (Å²) >= 11 is 0. The van der Waals surface area contributed by atoms with E-state index in [0.29, 0.717) is 5.69 Å². The summed E-state index contributed by atoms with van der Waals surface area (Å²) in [5.74, 6) is -0.226. The fourth-order valence-corrected chi connectivity index (χ4v) is 2.56. The Bertz CT molecular complexity index is 991. The molecular weight excluding hydrogens is 300 g/mol. The van der Waals surface area contributed by atoms with E-state index < -0.39 is 0 Å². The molecular formula is C19H14N4O. The van der Waals surface area contributed by atoms with Crippen molar-refractivity contribution < 1.29 is 4.79 Å². The Kier molecular flexibility index (Phi) is 3.51. The average Bonchev–Trinajstić information content (AvgIpc) is 3.07. The van der Waals surface area contributed by atoms with Crippen molar-refractivity contribution in [2.45, 2.75) is 0 Å². The van der Waals surface area contributed by atoms with Crippen molar-refractivity contribution in [1.82, 2.24) is 14.5 Å². The normalized spacial score (nSPS) is 10.7. The number of carbonyl (C=O) groups excluding carboxylic acids is 1. The van der Waals surface area contributed by atoms with Gasteiger partial charge in [-0.25, -0.2) is 4.98 Å². The Labute approximate surface area is 138 Å². The van der Waals surface area contributed by atoms with Crippen LogP contribution in [0.1, 0.15) is 10.5 Å². The molecule has 116 valence electrons. The summed E-state index contributed by atoms with van der Waals surface area (Å²) in [5, 5.41) is 2.84. The maximum absolute atomic E-state index is 12.1. The third-order valence-corrected chi connectivity index (χ3v) is 3.75. The molecule has 0 saturated carbocycles. The summed E-state index contributed by atoms with van der Waals surface area (Å²) in [6.07, 6.45) is 3.40. The molecule has 0 aliphatic heterocycles. The first-order valence-electron chi connectivity index (χ1n) is 7.56. The summed E-state index contributed by atoms with van der Waals surface area (Å²) in [5.41, 5.74) is 4.09. The van der Waals surface area contributed by atoms with Crippen LogP contribution in [0.2, 0.25) is 0 Å². The molecule has 0 bridgehead atoms. The molecule has 4 rings (SSSR count). The molecule has 5 heteroatoms. The van der Waals surface area contributed by atoms with Crippen LogP contribution in [0.25, 0.3) is 16.7 Å². The molecule has 0 fully saturated rings. The van der Waals surface area contributed by atoms with Gasteiger partial charge in [0, 0.05) is 17.6 Å². The van der Waals surface area contributed by atoms with Gasteiger partial charge in [-0.2, -0.15) is 0 Å². The van der Waals surface area contributed by atoms with Gasteiger partial charge in [-0.1, -0.05) is 18.2 Å². The van der Waals surface area contributed by atoms with E-state index in [1.807, 2.05) is 53.1 Å². The van der Waals surface area contributed by atoms with E-state index in [-0.39, 0.29) is 5.91 Å². The SMILES string of the molecule is O=C(Nc1ccc(-n2cnc3ccccc32)cc1)c1ccccn1. The topological polar surface area (TPSA) is 59.8 Å². The molecule has 4 aromatic rings. The van der Waals surface area contributed by atoms with Crippen molar-refractivity contribution in [3.05, 3.63) is 84.9 Å². The van der Waals surface area contributed by atoms with Gasteiger partial charge in [0.15, 0.2) is 0 Å². The minimum atomic E-state index is -0.226. The van der Waals surface area contributed by atoms with E-state index in [1.54, 1.807) is 30.7 Å². The Morgan fingerprint density at radius 1 is 0.875 bits per heavy atom. The fraction of sp³-hybridized carbons (Fsp3) is 0. The predicted molar refractivity (Wildman–Crippen MR) is 93.3 cm³/mol. The molecule has 2 heterocycles. The minimum Gasteiger partial charge on any atom is -0.321 e. The van der Waals surface area contributed by atoms with Gasteiger partial charge in [0.25, 0.3) is 5.91 Å². The Balaban J connectivity index is 1.58. The lowest BCUT2D eigenvalue weighted by Crippen LogP contribution is -2.13. The highest BCUT2D eigenvalue weighted by Gasteiger charge is 2.07. The number of hydrogen-bond donors (Lipinski definition) is 1. The van der Waals surface area contributed by atoms with Crippen molar-refractivity contribution >= 4 is 22.6 Å². The van der Waals surface area contributed by atoms with Crippen molar-refractivity contribution in [3.8, 4) is 5.69 Å². The lowest BCUT2D eigenvalue weighted by Gasteiger charge is -2.07. The van der Waals surface area contributed by atoms with E-state index in [0.717, 1.165) is 22.4 Å². The number of anilines is 1. The number of nitrogens with one attached hydrogen (secondary N) is 1. The van der Waals surface area contributed by atoms with Gasteiger partial charge in [0.05, 0.1) is 11.0 Å². The summed E-state index contributed by atoms with van der Waals surface area (Å²) in [7, 11) is 0.